The maximum absolute atomic E-state index is 13.3. The number of nitrogens with one attached hydrogen (secondary N) is 2. The molecule has 1 aliphatic rings. The van der Waals surface area contributed by atoms with Crippen molar-refractivity contribution in [2.75, 3.05) is 11.9 Å². The number of benzene rings is 1. The highest BCUT2D eigenvalue weighted by Gasteiger charge is 2.30. The molecule has 0 saturated carbocycles. The van der Waals surface area contributed by atoms with Crippen LogP contribution in [-0.2, 0) is 28.9 Å². The number of hydrogen-bond acceptors (Lipinski definition) is 9. The number of halogens is 1. The number of ether oxygens (including phenoxy) is 1. The number of carbonyl (C=O) groups excluding carboxylic acids is 3. The second-order valence-corrected chi connectivity index (χ2v) is 12.2. The normalized spacial score (nSPS) is 13.1. The minimum atomic E-state index is -0.573. The molecule has 2 amide bonds. The first-order valence-electron chi connectivity index (χ1n) is 12.7. The lowest BCUT2D eigenvalue weighted by molar-refractivity contribution is -0.115. The zero-order chi connectivity index (χ0) is 28.2. The molecule has 0 unspecified atom stereocenters. The molecule has 1 aromatic carbocycles. The van der Waals surface area contributed by atoms with E-state index in [1.165, 1.54) is 29.4 Å². The molecule has 1 aliphatic carbocycles. The minimum absolute atomic E-state index is 0.0907. The Balaban J connectivity index is 1.36. The molecule has 0 spiro atoms. The van der Waals surface area contributed by atoms with E-state index < -0.39 is 11.2 Å². The molecule has 4 aromatic rings. The van der Waals surface area contributed by atoms with Gasteiger partial charge in [-0.3, -0.25) is 14.2 Å². The highest BCUT2D eigenvalue weighted by Crippen LogP contribution is 2.40. The summed E-state index contributed by atoms with van der Waals surface area (Å²) in [6, 6.07) is 10.8. The number of aromatic nitrogens is 3. The van der Waals surface area contributed by atoms with E-state index in [1.807, 2.05) is 24.3 Å². The number of thioether (sulfide) groups is 1. The quantitative estimate of drug-likeness (QED) is 0.174. The monoisotopic (exact) mass is 643 g/mol. The SMILES string of the molecule is CCOC(=O)c1c(NC(=O)[C@H](C)Sc2nnc(CNC(=O)c3ccco3)n2-c2ccc(Br)cc2)sc2c1CCC2. The van der Waals surface area contributed by atoms with Gasteiger partial charge in [0, 0.05) is 15.0 Å². The third-order valence-corrected chi connectivity index (χ3v) is 9.00. The fourth-order valence-electron chi connectivity index (χ4n) is 4.33. The molecule has 0 bridgehead atoms. The standard InChI is InChI=1S/C27H26BrN5O5S2/c1-3-37-26(36)22-18-6-4-8-20(18)40-25(22)30-23(34)15(2)39-27-32-31-21(14-29-24(35)19-7-5-13-38-19)33(27)17-11-9-16(28)10-12-17/h5,7,9-13,15H,3-4,6,8,14H2,1-2H3,(H,29,35)(H,30,34)/t15-/m0/s1. The van der Waals surface area contributed by atoms with Crippen molar-refractivity contribution in [3.63, 3.8) is 0 Å². The van der Waals surface area contributed by atoms with Crippen LogP contribution in [0.2, 0.25) is 0 Å². The van der Waals surface area contributed by atoms with Crippen LogP contribution in [0.4, 0.5) is 5.00 Å². The van der Waals surface area contributed by atoms with Gasteiger partial charge in [-0.2, -0.15) is 0 Å². The van der Waals surface area contributed by atoms with Crippen LogP contribution in [0.5, 0.6) is 0 Å². The van der Waals surface area contributed by atoms with E-state index in [2.05, 4.69) is 36.8 Å². The number of hydrogen-bond donors (Lipinski definition) is 2. The van der Waals surface area contributed by atoms with Gasteiger partial charge in [0.25, 0.3) is 5.91 Å². The fourth-order valence-corrected chi connectivity index (χ4v) is 6.76. The molecule has 40 heavy (non-hydrogen) atoms. The summed E-state index contributed by atoms with van der Waals surface area (Å²) >= 11 is 6.12. The van der Waals surface area contributed by atoms with Crippen LogP contribution >= 0.6 is 39.0 Å². The number of nitrogens with zero attached hydrogens (tertiary/aromatic N) is 3. The third kappa shape index (κ3) is 6.01. The summed E-state index contributed by atoms with van der Waals surface area (Å²) in [6.45, 7) is 3.89. The molecule has 0 aliphatic heterocycles. The number of amides is 2. The van der Waals surface area contributed by atoms with E-state index in [1.54, 1.807) is 30.5 Å². The van der Waals surface area contributed by atoms with Crippen molar-refractivity contribution in [3.05, 3.63) is 74.7 Å². The summed E-state index contributed by atoms with van der Waals surface area (Å²) in [7, 11) is 0. The van der Waals surface area contributed by atoms with Crippen molar-refractivity contribution < 1.29 is 23.5 Å². The Kier molecular flexibility index (Phi) is 8.72. The number of thiophene rings is 1. The zero-order valence-corrected chi connectivity index (χ0v) is 25.0. The number of aryl methyl sites for hydroxylation is 1. The molecule has 0 saturated heterocycles. The molecular weight excluding hydrogens is 618 g/mol. The van der Waals surface area contributed by atoms with Gasteiger partial charge in [-0.25, -0.2) is 4.79 Å². The summed E-state index contributed by atoms with van der Waals surface area (Å²) in [5.41, 5.74) is 2.22. The molecule has 3 heterocycles. The molecule has 1 atom stereocenters. The second kappa shape index (κ2) is 12.4. The fraction of sp³-hybridized carbons (Fsp3) is 0.296. The van der Waals surface area contributed by atoms with E-state index in [9.17, 15) is 14.4 Å². The predicted octanol–water partition coefficient (Wildman–Crippen LogP) is 5.40. The summed E-state index contributed by atoms with van der Waals surface area (Å²) in [4.78, 5) is 39.6. The van der Waals surface area contributed by atoms with E-state index in [4.69, 9.17) is 9.15 Å². The van der Waals surface area contributed by atoms with Crippen LogP contribution in [0.25, 0.3) is 5.69 Å². The van der Waals surface area contributed by atoms with Crippen LogP contribution < -0.4 is 10.6 Å². The largest absolute Gasteiger partial charge is 0.462 e. The molecule has 2 N–H and O–H groups in total. The summed E-state index contributed by atoms with van der Waals surface area (Å²) in [6.07, 6.45) is 4.11. The summed E-state index contributed by atoms with van der Waals surface area (Å²) in [5, 5.41) is 14.8. The van der Waals surface area contributed by atoms with Gasteiger partial charge in [-0.15, -0.1) is 21.5 Å². The Morgan fingerprint density at radius 2 is 2.00 bits per heavy atom. The Labute approximate surface area is 247 Å². The lowest BCUT2D eigenvalue weighted by Crippen LogP contribution is -2.25. The average molecular weight is 645 g/mol. The number of anilines is 1. The first kappa shape index (κ1) is 28.1. The smallest absolute Gasteiger partial charge is 0.341 e. The van der Waals surface area contributed by atoms with E-state index in [0.29, 0.717) is 21.5 Å². The van der Waals surface area contributed by atoms with Gasteiger partial charge in [0.05, 0.1) is 30.2 Å². The van der Waals surface area contributed by atoms with E-state index in [0.717, 1.165) is 39.9 Å². The molecule has 0 radical (unpaired) electrons. The average Bonchev–Trinajstić information content (AvgIpc) is 3.73. The lowest BCUT2D eigenvalue weighted by Gasteiger charge is -2.14. The van der Waals surface area contributed by atoms with Gasteiger partial charge >= 0.3 is 5.97 Å². The van der Waals surface area contributed by atoms with Crippen molar-refractivity contribution in [1.29, 1.82) is 0 Å². The van der Waals surface area contributed by atoms with E-state index in [-0.39, 0.29) is 30.7 Å². The maximum atomic E-state index is 13.3. The van der Waals surface area contributed by atoms with Crippen molar-refractivity contribution in [3.8, 4) is 5.69 Å². The number of fused-ring (bicyclic) bond motifs is 1. The van der Waals surface area contributed by atoms with Crippen LogP contribution in [0.15, 0.2) is 56.7 Å². The lowest BCUT2D eigenvalue weighted by atomic mass is 10.1. The van der Waals surface area contributed by atoms with Crippen LogP contribution in [-0.4, -0.2) is 44.4 Å². The Morgan fingerprint density at radius 1 is 1.20 bits per heavy atom. The molecule has 208 valence electrons. The molecule has 3 aromatic heterocycles. The van der Waals surface area contributed by atoms with Crippen molar-refractivity contribution in [2.45, 2.75) is 50.1 Å². The second-order valence-electron chi connectivity index (χ2n) is 8.90. The van der Waals surface area contributed by atoms with Crippen LogP contribution in [0.3, 0.4) is 0 Å². The third-order valence-electron chi connectivity index (χ3n) is 6.23. The van der Waals surface area contributed by atoms with Crippen LogP contribution in [0, 0.1) is 0 Å². The zero-order valence-electron chi connectivity index (χ0n) is 21.7. The Hall–Kier alpha value is -3.42. The predicted molar refractivity (Wildman–Crippen MR) is 155 cm³/mol. The molecule has 10 nitrogen and oxygen atoms in total. The van der Waals surface area contributed by atoms with Crippen molar-refractivity contribution in [1.82, 2.24) is 20.1 Å². The van der Waals surface area contributed by atoms with E-state index >= 15 is 0 Å². The molecule has 5 rings (SSSR count). The van der Waals surface area contributed by atoms with Gasteiger partial charge in [-0.1, -0.05) is 27.7 Å². The topological polar surface area (TPSA) is 128 Å². The maximum Gasteiger partial charge on any atom is 0.341 e. The summed E-state index contributed by atoms with van der Waals surface area (Å²) in [5.74, 6) is -0.382. The minimum Gasteiger partial charge on any atom is -0.462 e. The van der Waals surface area contributed by atoms with Gasteiger partial charge in [0.2, 0.25) is 5.91 Å². The highest BCUT2D eigenvalue weighted by molar-refractivity contribution is 9.10. The number of esters is 1. The Bertz CT molecular complexity index is 1530. The molecule has 0 fully saturated rings. The van der Waals surface area contributed by atoms with Gasteiger partial charge < -0.3 is 19.8 Å². The number of carbonyl (C=O) groups is 3. The van der Waals surface area contributed by atoms with Gasteiger partial charge in [0.15, 0.2) is 16.7 Å². The van der Waals surface area contributed by atoms with Gasteiger partial charge in [0.1, 0.15) is 5.00 Å². The van der Waals surface area contributed by atoms with Crippen molar-refractivity contribution >= 4 is 61.8 Å². The molecule has 13 heteroatoms. The van der Waals surface area contributed by atoms with Crippen LogP contribution in [0.1, 0.15) is 57.4 Å². The number of furan rings is 1. The van der Waals surface area contributed by atoms with Crippen molar-refractivity contribution in [2.24, 2.45) is 0 Å². The van der Waals surface area contributed by atoms with Gasteiger partial charge in [-0.05, 0) is 75.1 Å². The summed E-state index contributed by atoms with van der Waals surface area (Å²) < 4.78 is 13.1. The Morgan fingerprint density at radius 3 is 2.73 bits per heavy atom. The highest BCUT2D eigenvalue weighted by atomic mass is 79.9. The number of rotatable bonds is 10. The first-order chi connectivity index (χ1) is 19.4. The first-order valence-corrected chi connectivity index (χ1v) is 15.2. The molecular formula is C27H26BrN5O5S2.